The van der Waals surface area contributed by atoms with Crippen LogP contribution in [0.5, 0.6) is 23.0 Å². The van der Waals surface area contributed by atoms with Crippen molar-refractivity contribution in [2.24, 2.45) is 0 Å². The van der Waals surface area contributed by atoms with Gasteiger partial charge in [-0.15, -0.1) is 0 Å². The molecule has 0 aliphatic carbocycles. The molecule has 0 spiro atoms. The Labute approximate surface area is 230 Å². The summed E-state index contributed by atoms with van der Waals surface area (Å²) in [5.41, 5.74) is 1.23. The summed E-state index contributed by atoms with van der Waals surface area (Å²) in [6.07, 6.45) is 4.96. The molecule has 0 aromatic heterocycles. The van der Waals surface area contributed by atoms with Gasteiger partial charge in [-0.2, -0.15) is 0 Å². The zero-order valence-corrected chi connectivity index (χ0v) is 22.0. The van der Waals surface area contributed by atoms with Crippen LogP contribution < -0.4 is 20.1 Å². The van der Waals surface area contributed by atoms with Gasteiger partial charge in [0.2, 0.25) is 0 Å². The fourth-order valence-corrected chi connectivity index (χ4v) is 3.99. The highest BCUT2D eigenvalue weighted by Crippen LogP contribution is 2.22. The van der Waals surface area contributed by atoms with Gasteiger partial charge in [0, 0.05) is 24.2 Å². The molecule has 2 N–H and O–H groups in total. The third-order valence-corrected chi connectivity index (χ3v) is 6.12. The van der Waals surface area contributed by atoms with E-state index >= 15 is 0 Å². The van der Waals surface area contributed by atoms with Crippen molar-refractivity contribution in [3.05, 3.63) is 120 Å². The monoisotopic (exact) mass is 522 g/mol. The lowest BCUT2D eigenvalue weighted by atomic mass is 10.1. The van der Waals surface area contributed by atoms with Crippen LogP contribution in [0.2, 0.25) is 0 Å². The van der Waals surface area contributed by atoms with Crippen LogP contribution in [-0.2, 0) is 0 Å². The van der Waals surface area contributed by atoms with E-state index in [4.69, 9.17) is 9.47 Å². The Kier molecular flexibility index (Phi) is 10.5. The van der Waals surface area contributed by atoms with Gasteiger partial charge < -0.3 is 20.1 Å². The lowest BCUT2D eigenvalue weighted by molar-refractivity contribution is 0.0945. The highest BCUT2D eigenvalue weighted by molar-refractivity contribution is 5.94. The largest absolute Gasteiger partial charge is 0.457 e. The second-order valence-corrected chi connectivity index (χ2v) is 9.16. The average Bonchev–Trinajstić information content (AvgIpc) is 2.98. The number of hydrogen-bond donors (Lipinski definition) is 2. The lowest BCUT2D eigenvalue weighted by Gasteiger charge is -2.08. The van der Waals surface area contributed by atoms with Crippen LogP contribution in [0, 0.1) is 0 Å². The van der Waals surface area contributed by atoms with Gasteiger partial charge in [0.25, 0.3) is 11.8 Å². The van der Waals surface area contributed by atoms with Crippen molar-refractivity contribution in [2.45, 2.75) is 32.1 Å². The quantitative estimate of drug-likeness (QED) is 0.169. The molecule has 0 heterocycles. The van der Waals surface area contributed by atoms with Crippen LogP contribution >= 0.6 is 0 Å². The molecule has 4 aromatic carbocycles. The first-order valence-corrected chi connectivity index (χ1v) is 13.4. The van der Waals surface area contributed by atoms with E-state index in [2.05, 4.69) is 10.6 Å². The number of carbonyl (C=O) groups excluding carboxylic acids is 2. The van der Waals surface area contributed by atoms with Crippen LogP contribution in [0.1, 0.15) is 52.8 Å². The summed E-state index contributed by atoms with van der Waals surface area (Å²) in [5, 5.41) is 5.95. The van der Waals surface area contributed by atoms with Gasteiger partial charge in [0.05, 0.1) is 0 Å². The molecule has 0 bridgehead atoms. The number of carbonyl (C=O) groups is 2. The molecular weight excluding hydrogens is 488 g/mol. The molecule has 0 atom stereocenters. The van der Waals surface area contributed by atoms with E-state index in [1.807, 2.05) is 60.7 Å². The predicted octanol–water partition coefficient (Wildman–Crippen LogP) is 7.38. The summed E-state index contributed by atoms with van der Waals surface area (Å²) in [4.78, 5) is 24.7. The number of para-hydroxylation sites is 2. The Morgan fingerprint density at radius 3 is 1.15 bits per heavy atom. The van der Waals surface area contributed by atoms with Gasteiger partial charge in [0.15, 0.2) is 0 Å². The first-order valence-electron chi connectivity index (χ1n) is 13.4. The number of benzene rings is 4. The molecule has 6 nitrogen and oxygen atoms in total. The summed E-state index contributed by atoms with van der Waals surface area (Å²) in [6.45, 7) is 1.28. The molecule has 0 fully saturated rings. The van der Waals surface area contributed by atoms with Crippen LogP contribution in [0.25, 0.3) is 0 Å². The fraction of sp³-hybridized carbons (Fsp3) is 0.212. The Morgan fingerprint density at radius 1 is 0.436 bits per heavy atom. The third-order valence-electron chi connectivity index (χ3n) is 6.12. The maximum Gasteiger partial charge on any atom is 0.251 e. The minimum Gasteiger partial charge on any atom is -0.457 e. The van der Waals surface area contributed by atoms with Gasteiger partial charge in [-0.1, -0.05) is 55.7 Å². The maximum atomic E-state index is 12.4. The van der Waals surface area contributed by atoms with E-state index in [-0.39, 0.29) is 11.8 Å². The molecule has 6 heteroatoms. The Balaban J connectivity index is 1.03. The molecule has 200 valence electrons. The van der Waals surface area contributed by atoms with E-state index in [9.17, 15) is 9.59 Å². The van der Waals surface area contributed by atoms with Gasteiger partial charge in [-0.25, -0.2) is 0 Å². The Bertz CT molecular complexity index is 1190. The number of rotatable bonds is 14. The second kappa shape index (κ2) is 15.0. The second-order valence-electron chi connectivity index (χ2n) is 9.16. The van der Waals surface area contributed by atoms with E-state index in [1.165, 1.54) is 0 Å². The Hall–Kier alpha value is -4.58. The molecule has 4 aromatic rings. The number of ether oxygens (including phenoxy) is 2. The van der Waals surface area contributed by atoms with Gasteiger partial charge in [-0.05, 0) is 85.6 Å². The number of hydrogen-bond acceptors (Lipinski definition) is 4. The topological polar surface area (TPSA) is 76.7 Å². The number of nitrogens with one attached hydrogen (secondary N) is 2. The van der Waals surface area contributed by atoms with Crippen molar-refractivity contribution >= 4 is 11.8 Å². The van der Waals surface area contributed by atoms with Crippen molar-refractivity contribution in [1.82, 2.24) is 10.6 Å². The molecule has 0 saturated carbocycles. The zero-order chi connectivity index (χ0) is 27.1. The van der Waals surface area contributed by atoms with Crippen LogP contribution in [0.3, 0.4) is 0 Å². The third kappa shape index (κ3) is 9.34. The number of amides is 2. The average molecular weight is 523 g/mol. The van der Waals surface area contributed by atoms with Crippen molar-refractivity contribution in [3.63, 3.8) is 0 Å². The molecule has 0 aliphatic heterocycles. The molecule has 0 radical (unpaired) electrons. The van der Waals surface area contributed by atoms with E-state index < -0.39 is 0 Å². The smallest absolute Gasteiger partial charge is 0.251 e. The van der Waals surface area contributed by atoms with Gasteiger partial charge >= 0.3 is 0 Å². The normalized spacial score (nSPS) is 10.5. The highest BCUT2D eigenvalue weighted by Gasteiger charge is 2.07. The highest BCUT2D eigenvalue weighted by atomic mass is 16.5. The van der Waals surface area contributed by atoms with Crippen LogP contribution in [0.15, 0.2) is 109 Å². The first kappa shape index (κ1) is 27.5. The minimum absolute atomic E-state index is 0.0800. The minimum atomic E-state index is -0.0800. The van der Waals surface area contributed by atoms with Gasteiger partial charge in [-0.3, -0.25) is 9.59 Å². The van der Waals surface area contributed by atoms with Gasteiger partial charge in [0.1, 0.15) is 23.0 Å². The van der Waals surface area contributed by atoms with E-state index in [0.717, 1.165) is 43.6 Å². The molecular formula is C33H34N2O4. The van der Waals surface area contributed by atoms with Crippen LogP contribution in [0.4, 0.5) is 0 Å². The van der Waals surface area contributed by atoms with Crippen molar-refractivity contribution in [3.8, 4) is 23.0 Å². The first-order chi connectivity index (χ1) is 19.2. The van der Waals surface area contributed by atoms with Crippen molar-refractivity contribution in [1.29, 1.82) is 0 Å². The Morgan fingerprint density at radius 2 is 0.769 bits per heavy atom. The molecule has 0 saturated heterocycles. The lowest BCUT2D eigenvalue weighted by Crippen LogP contribution is -2.24. The van der Waals surface area contributed by atoms with Crippen molar-refractivity contribution < 1.29 is 19.1 Å². The molecule has 2 amide bonds. The fourth-order valence-electron chi connectivity index (χ4n) is 3.99. The van der Waals surface area contributed by atoms with E-state index in [0.29, 0.717) is 35.7 Å². The molecule has 0 unspecified atom stereocenters. The summed E-state index contributed by atoms with van der Waals surface area (Å²) >= 11 is 0. The maximum absolute atomic E-state index is 12.4. The van der Waals surface area contributed by atoms with Crippen LogP contribution in [-0.4, -0.2) is 24.9 Å². The summed E-state index contributed by atoms with van der Waals surface area (Å²) < 4.78 is 11.5. The SMILES string of the molecule is O=C(NCCCCCCCNC(=O)c1ccc(Oc2ccccc2)cc1)c1ccc(Oc2ccccc2)cc1. The number of unbranched alkanes of at least 4 members (excludes halogenated alkanes) is 4. The summed E-state index contributed by atoms with van der Waals surface area (Å²) in [6, 6.07) is 33.4. The molecule has 0 aliphatic rings. The van der Waals surface area contributed by atoms with Crippen molar-refractivity contribution in [2.75, 3.05) is 13.1 Å². The predicted molar refractivity (Wildman–Crippen MR) is 154 cm³/mol. The molecule has 4 rings (SSSR count). The molecule has 39 heavy (non-hydrogen) atoms. The standard InChI is InChI=1S/C33H34N2O4/c36-32(26-16-20-30(21-17-26)38-28-12-6-4-7-13-28)34-24-10-2-1-3-11-25-35-33(37)27-18-22-31(23-19-27)39-29-14-8-5-9-15-29/h4-9,12-23H,1-3,10-11,24-25H2,(H,34,36)(H,35,37). The van der Waals surface area contributed by atoms with E-state index in [1.54, 1.807) is 48.5 Å². The summed E-state index contributed by atoms with van der Waals surface area (Å²) in [7, 11) is 0. The zero-order valence-electron chi connectivity index (χ0n) is 22.0. The summed E-state index contributed by atoms with van der Waals surface area (Å²) in [5.74, 6) is 2.75.